The molecule has 0 spiro atoms. The van der Waals surface area contributed by atoms with Crippen molar-refractivity contribution in [2.75, 3.05) is 13.2 Å². The summed E-state index contributed by atoms with van der Waals surface area (Å²) in [5.41, 5.74) is 0. The number of amides is 1. The van der Waals surface area contributed by atoms with Crippen LogP contribution in [-0.4, -0.2) is 99.6 Å². The van der Waals surface area contributed by atoms with Crippen molar-refractivity contribution in [1.29, 1.82) is 0 Å². The van der Waals surface area contributed by atoms with Gasteiger partial charge >= 0.3 is 5.97 Å². The Labute approximate surface area is 495 Å². The molecule has 1 fully saturated rings. The number of carbonyl (C=O) groups is 2. The largest absolute Gasteiger partial charge is 0.454 e. The first kappa shape index (κ1) is 75.9. The molecule has 1 rings (SSSR count). The number of carbonyl (C=O) groups excluding carboxylic acids is 2. The van der Waals surface area contributed by atoms with Crippen LogP contribution in [0.1, 0.15) is 284 Å². The summed E-state index contributed by atoms with van der Waals surface area (Å²) in [6.07, 6.45) is 64.8. The molecule has 81 heavy (non-hydrogen) atoms. The second-order valence-electron chi connectivity index (χ2n) is 22.8. The molecule has 0 aromatic rings. The molecule has 1 aliphatic heterocycles. The van der Waals surface area contributed by atoms with E-state index >= 15 is 0 Å². The van der Waals surface area contributed by atoms with E-state index in [2.05, 4.69) is 99.0 Å². The molecule has 0 aliphatic carbocycles. The zero-order chi connectivity index (χ0) is 58.9. The number of rotatable bonds is 56. The number of hydrogen-bond acceptors (Lipinski definition) is 10. The molecule has 468 valence electrons. The lowest BCUT2D eigenvalue weighted by molar-refractivity contribution is -0.305. The molecular weight excluding hydrogens is 1010 g/mol. The second-order valence-corrected chi connectivity index (χ2v) is 22.8. The van der Waals surface area contributed by atoms with Crippen molar-refractivity contribution in [1.82, 2.24) is 5.32 Å². The molecular formula is C70H123NO10. The summed E-state index contributed by atoms with van der Waals surface area (Å²) in [6, 6.07) is -1.03. The maximum Gasteiger partial charge on any atom is 0.306 e. The highest BCUT2D eigenvalue weighted by Crippen LogP contribution is 2.26. The molecule has 0 aromatic heterocycles. The quantitative estimate of drug-likeness (QED) is 0.0195. The molecule has 8 atom stereocenters. The second kappa shape index (κ2) is 57.3. The maximum atomic E-state index is 13.4. The Morgan fingerprint density at radius 1 is 0.494 bits per heavy atom. The van der Waals surface area contributed by atoms with Gasteiger partial charge in [0.15, 0.2) is 12.4 Å². The molecule has 6 N–H and O–H groups in total. The van der Waals surface area contributed by atoms with Gasteiger partial charge < -0.3 is 45.1 Å². The number of aliphatic hydroxyl groups excluding tert-OH is 5. The summed E-state index contributed by atoms with van der Waals surface area (Å²) in [4.78, 5) is 26.6. The predicted molar refractivity (Wildman–Crippen MR) is 338 cm³/mol. The third-order valence-corrected chi connectivity index (χ3v) is 15.3. The third kappa shape index (κ3) is 45.0. The average molecular weight is 1140 g/mol. The summed E-state index contributed by atoms with van der Waals surface area (Å²) < 4.78 is 17.6. The summed E-state index contributed by atoms with van der Waals surface area (Å²) >= 11 is 0. The molecule has 1 saturated heterocycles. The highest BCUT2D eigenvalue weighted by Gasteiger charge is 2.47. The van der Waals surface area contributed by atoms with Gasteiger partial charge in [0.1, 0.15) is 24.4 Å². The third-order valence-electron chi connectivity index (χ3n) is 15.3. The Kier molecular flexibility index (Phi) is 53.6. The minimum absolute atomic E-state index is 0.104. The Morgan fingerprint density at radius 2 is 0.889 bits per heavy atom. The van der Waals surface area contributed by atoms with Crippen LogP contribution < -0.4 is 5.32 Å². The lowest BCUT2D eigenvalue weighted by Crippen LogP contribution is -2.61. The molecule has 1 aliphatic rings. The highest BCUT2D eigenvalue weighted by atomic mass is 16.7. The number of unbranched alkanes of at least 4 members (excludes halogenated alkanes) is 30. The van der Waals surface area contributed by atoms with Gasteiger partial charge in [0.25, 0.3) is 0 Å². The van der Waals surface area contributed by atoms with Crippen molar-refractivity contribution < 1.29 is 49.3 Å². The van der Waals surface area contributed by atoms with Crippen LogP contribution in [-0.2, 0) is 23.8 Å². The maximum absolute atomic E-state index is 13.4. The number of ether oxygens (including phenoxy) is 3. The number of nitrogens with one attached hydrogen (secondary N) is 1. The van der Waals surface area contributed by atoms with Crippen molar-refractivity contribution in [3.63, 3.8) is 0 Å². The molecule has 11 heteroatoms. The molecule has 11 nitrogen and oxygen atoms in total. The van der Waals surface area contributed by atoms with E-state index in [4.69, 9.17) is 14.2 Å². The van der Waals surface area contributed by atoms with Crippen LogP contribution >= 0.6 is 0 Å². The van der Waals surface area contributed by atoms with Gasteiger partial charge in [-0.05, 0) is 77.0 Å². The standard InChI is InChI=1S/C70H123NO10/c1-4-7-10-13-16-19-22-24-26-28-29-30-31-32-33-34-35-36-38-40-43-46-49-52-55-58-65(75)81-68-67(77)66(76)64(59-72)80-70(68)79-60-61(62(73)56-53-50-47-44-41-21-18-15-12-9-6-3)71-69(78)63(74)57-54-51-48-45-42-39-37-27-25-23-20-17-14-11-8-5-2/h7,10,16,19,24,26,29-30,32-33,35-36,53,56,61-64,66-68,70,72-74,76-77H,4-6,8-9,11-15,17-18,20-23,25,27-28,31,34,37-52,54-55,57-60H2,1-3H3,(H,71,78)/b10-7-,19-16-,26-24-,30-29-,33-32-,36-35-,56-53+. The van der Waals surface area contributed by atoms with Crippen LogP contribution in [0, 0.1) is 0 Å². The van der Waals surface area contributed by atoms with E-state index in [1.54, 1.807) is 6.08 Å². The molecule has 0 aromatic carbocycles. The van der Waals surface area contributed by atoms with Crippen molar-refractivity contribution in [3.8, 4) is 0 Å². The van der Waals surface area contributed by atoms with Crippen molar-refractivity contribution in [3.05, 3.63) is 85.1 Å². The predicted octanol–water partition coefficient (Wildman–Crippen LogP) is 16.5. The first-order chi connectivity index (χ1) is 39.7. The van der Waals surface area contributed by atoms with Crippen LogP contribution in [0.3, 0.4) is 0 Å². The lowest BCUT2D eigenvalue weighted by Gasteiger charge is -2.41. The number of aliphatic hydroxyl groups is 5. The van der Waals surface area contributed by atoms with Crippen LogP contribution in [0.2, 0.25) is 0 Å². The zero-order valence-corrected chi connectivity index (χ0v) is 51.9. The zero-order valence-electron chi connectivity index (χ0n) is 51.9. The molecule has 1 heterocycles. The summed E-state index contributed by atoms with van der Waals surface area (Å²) in [5, 5.41) is 57.1. The summed E-state index contributed by atoms with van der Waals surface area (Å²) in [6.45, 7) is 5.68. The van der Waals surface area contributed by atoms with Gasteiger partial charge in [-0.2, -0.15) is 0 Å². The van der Waals surface area contributed by atoms with Crippen molar-refractivity contribution in [2.24, 2.45) is 0 Å². The average Bonchev–Trinajstić information content (AvgIpc) is 3.52. The minimum atomic E-state index is -1.62. The fourth-order valence-electron chi connectivity index (χ4n) is 10.1. The van der Waals surface area contributed by atoms with E-state index in [1.807, 2.05) is 6.08 Å². The van der Waals surface area contributed by atoms with Gasteiger partial charge in [0.2, 0.25) is 5.91 Å². The van der Waals surface area contributed by atoms with Gasteiger partial charge in [-0.15, -0.1) is 0 Å². The Hall–Kier alpha value is -3.16. The van der Waals surface area contributed by atoms with E-state index in [0.29, 0.717) is 19.3 Å². The van der Waals surface area contributed by atoms with E-state index in [1.165, 1.54) is 122 Å². The number of esters is 1. The smallest absolute Gasteiger partial charge is 0.306 e. The lowest BCUT2D eigenvalue weighted by atomic mass is 9.99. The molecule has 1 amide bonds. The summed E-state index contributed by atoms with van der Waals surface area (Å²) in [5.74, 6) is -1.21. The van der Waals surface area contributed by atoms with E-state index in [0.717, 1.165) is 116 Å². The van der Waals surface area contributed by atoms with Gasteiger partial charge in [-0.25, -0.2) is 0 Å². The van der Waals surface area contributed by atoms with E-state index in [9.17, 15) is 35.1 Å². The van der Waals surface area contributed by atoms with Gasteiger partial charge in [0.05, 0.1) is 25.4 Å². The minimum Gasteiger partial charge on any atom is -0.454 e. The van der Waals surface area contributed by atoms with Gasteiger partial charge in [-0.3, -0.25) is 9.59 Å². The Balaban J connectivity index is 2.60. The monoisotopic (exact) mass is 1140 g/mol. The fraction of sp³-hybridized carbons (Fsp3) is 0.771. The normalized spacial score (nSPS) is 19.2. The van der Waals surface area contributed by atoms with Crippen molar-refractivity contribution in [2.45, 2.75) is 333 Å². The van der Waals surface area contributed by atoms with Crippen LogP contribution in [0.25, 0.3) is 0 Å². The SMILES string of the molecule is CC/C=C\C/C=C\C/C=C\C/C=C\C/C=C\C/C=C\CCCCCCCCC(=O)OC1C(OCC(NC(=O)C(O)CCCCCCCCCCCCCCCCCC)C(O)/C=C/CCCCCCCCCCC)OC(CO)C(O)C1O. The van der Waals surface area contributed by atoms with Crippen LogP contribution in [0.5, 0.6) is 0 Å². The Morgan fingerprint density at radius 3 is 1.33 bits per heavy atom. The molecule has 0 radical (unpaired) electrons. The van der Waals surface area contributed by atoms with Crippen LogP contribution in [0.15, 0.2) is 85.1 Å². The first-order valence-corrected chi connectivity index (χ1v) is 33.4. The number of allylic oxidation sites excluding steroid dienone is 13. The molecule has 0 saturated carbocycles. The number of hydrogen-bond donors (Lipinski definition) is 6. The van der Waals surface area contributed by atoms with Gasteiger partial charge in [-0.1, -0.05) is 286 Å². The van der Waals surface area contributed by atoms with E-state index < -0.39 is 67.4 Å². The first-order valence-electron chi connectivity index (χ1n) is 33.4. The topological polar surface area (TPSA) is 175 Å². The fourth-order valence-corrected chi connectivity index (χ4v) is 10.1. The van der Waals surface area contributed by atoms with E-state index in [-0.39, 0.29) is 13.0 Å². The molecule has 8 unspecified atom stereocenters. The van der Waals surface area contributed by atoms with Gasteiger partial charge in [0, 0.05) is 6.42 Å². The Bertz CT molecular complexity index is 1640. The highest BCUT2D eigenvalue weighted by molar-refractivity contribution is 5.80. The van der Waals surface area contributed by atoms with Crippen molar-refractivity contribution >= 4 is 11.9 Å². The molecule has 0 bridgehead atoms. The summed E-state index contributed by atoms with van der Waals surface area (Å²) in [7, 11) is 0. The van der Waals surface area contributed by atoms with Crippen LogP contribution in [0.4, 0.5) is 0 Å².